The molecule has 4 aromatic rings. The molecule has 0 saturated carbocycles. The van der Waals surface area contributed by atoms with Gasteiger partial charge >= 0.3 is 0 Å². The summed E-state index contributed by atoms with van der Waals surface area (Å²) in [5.74, 6) is 0.527. The molecule has 0 aliphatic heterocycles. The van der Waals surface area contributed by atoms with Crippen LogP contribution >= 0.6 is 34.9 Å². The quantitative estimate of drug-likeness (QED) is 0.356. The number of thiophene rings is 1. The molecule has 9 heteroatoms. The maximum absolute atomic E-state index is 12.6. The predicted molar refractivity (Wildman–Crippen MR) is 113 cm³/mol. The normalized spacial score (nSPS) is 11.0. The van der Waals surface area contributed by atoms with Crippen molar-refractivity contribution in [2.24, 2.45) is 0 Å². The number of nitrogens with one attached hydrogen (secondary N) is 2. The fourth-order valence-electron chi connectivity index (χ4n) is 2.70. The van der Waals surface area contributed by atoms with Gasteiger partial charge in [0.05, 0.1) is 15.4 Å². The number of benzene rings is 1. The second-order valence-electron chi connectivity index (χ2n) is 5.79. The van der Waals surface area contributed by atoms with Gasteiger partial charge in [0.25, 0.3) is 5.91 Å². The molecule has 6 nitrogen and oxygen atoms in total. The maximum Gasteiger partial charge on any atom is 0.267 e. The van der Waals surface area contributed by atoms with Gasteiger partial charge in [-0.25, -0.2) is 4.98 Å². The maximum atomic E-state index is 12.6. The Kier molecular flexibility index (Phi) is 4.73. The molecule has 27 heavy (non-hydrogen) atoms. The van der Waals surface area contributed by atoms with Crippen molar-refractivity contribution >= 4 is 56.0 Å². The van der Waals surface area contributed by atoms with Gasteiger partial charge in [-0.15, -0.1) is 17.9 Å². The summed E-state index contributed by atoms with van der Waals surface area (Å²) in [5.41, 5.74) is 0.783. The summed E-state index contributed by atoms with van der Waals surface area (Å²) in [5, 5.41) is 11.6. The van der Waals surface area contributed by atoms with E-state index in [1.54, 1.807) is 6.08 Å². The highest BCUT2D eigenvalue weighted by atomic mass is 32.1. The number of hydrogen-bond acceptors (Lipinski definition) is 6. The fraction of sp³-hybridized carbons (Fsp3) is 0.111. The predicted octanol–water partition coefficient (Wildman–Crippen LogP) is 5.03. The number of aromatic amines is 1. The molecule has 3 aromatic heterocycles. The Balaban J connectivity index is 1.62. The van der Waals surface area contributed by atoms with Crippen LogP contribution in [-0.4, -0.2) is 25.7 Å². The van der Waals surface area contributed by atoms with Gasteiger partial charge < -0.3 is 0 Å². The molecule has 0 atom stereocenters. The zero-order valence-corrected chi connectivity index (χ0v) is 16.8. The third-order valence-electron chi connectivity index (χ3n) is 3.94. The summed E-state index contributed by atoms with van der Waals surface area (Å²) in [6.07, 6.45) is 1.76. The fourth-order valence-corrected chi connectivity index (χ4v) is 4.82. The van der Waals surface area contributed by atoms with Crippen LogP contribution < -0.4 is 5.32 Å². The summed E-state index contributed by atoms with van der Waals surface area (Å²) in [6.45, 7) is 6.19. The lowest BCUT2D eigenvalue weighted by atomic mass is 10.2. The number of fused-ring (bicyclic) bond motifs is 1. The van der Waals surface area contributed by atoms with Crippen LogP contribution in [0.2, 0.25) is 0 Å². The molecule has 0 spiro atoms. The number of thiazole rings is 1. The number of carbonyl (C=O) groups excluding carboxylic acids is 1. The first-order valence-electron chi connectivity index (χ1n) is 8.10. The molecule has 4 rings (SSSR count). The van der Waals surface area contributed by atoms with Crippen molar-refractivity contribution in [2.45, 2.75) is 13.5 Å². The second-order valence-corrected chi connectivity index (χ2v) is 8.26. The zero-order valence-electron chi connectivity index (χ0n) is 14.4. The molecule has 136 valence electrons. The molecule has 0 aliphatic carbocycles. The summed E-state index contributed by atoms with van der Waals surface area (Å²) in [7, 11) is 0. The van der Waals surface area contributed by atoms with E-state index in [4.69, 9.17) is 12.2 Å². The molecular weight excluding hydrogens is 398 g/mol. The highest BCUT2D eigenvalue weighted by Gasteiger charge is 2.18. The number of H-pyrrole nitrogens is 1. The van der Waals surface area contributed by atoms with Gasteiger partial charge in [0.1, 0.15) is 0 Å². The standard InChI is InChI=1S/C18H15N5OS3/c1-3-8-23-15(21-22-18(23)25)14-10(2)19-17(27-14)20-16(24)13-9-11-6-4-5-7-12(11)26-13/h3-7,9H,1,8H2,2H3,(H,22,25)(H,19,20,24). The first kappa shape index (κ1) is 17.8. The SMILES string of the molecule is C=CCn1c(-c2sc(NC(=O)c3cc4ccccc4s3)nc2C)n[nH]c1=S. The van der Waals surface area contributed by atoms with Crippen molar-refractivity contribution in [3.8, 4) is 10.7 Å². The molecule has 0 fully saturated rings. The third-order valence-corrected chi connectivity index (χ3v) is 6.43. The number of carbonyl (C=O) groups is 1. The monoisotopic (exact) mass is 413 g/mol. The molecule has 0 radical (unpaired) electrons. The van der Waals surface area contributed by atoms with Gasteiger partial charge in [-0.2, -0.15) is 5.10 Å². The number of nitrogens with zero attached hydrogens (tertiary/aromatic N) is 3. The van der Waals surface area contributed by atoms with E-state index in [-0.39, 0.29) is 5.91 Å². The Morgan fingerprint density at radius 2 is 2.22 bits per heavy atom. The molecule has 1 amide bonds. The molecule has 0 saturated heterocycles. The van der Waals surface area contributed by atoms with E-state index in [0.29, 0.717) is 27.1 Å². The molecule has 2 N–H and O–H groups in total. The van der Waals surface area contributed by atoms with E-state index in [2.05, 4.69) is 27.1 Å². The van der Waals surface area contributed by atoms with E-state index in [1.807, 2.05) is 41.8 Å². The van der Waals surface area contributed by atoms with Gasteiger partial charge in [-0.05, 0) is 36.7 Å². The molecule has 0 aliphatic rings. The van der Waals surface area contributed by atoms with Gasteiger partial charge in [-0.1, -0.05) is 35.6 Å². The first-order valence-corrected chi connectivity index (χ1v) is 10.1. The van der Waals surface area contributed by atoms with Crippen LogP contribution in [0.15, 0.2) is 43.0 Å². The average Bonchev–Trinajstić information content (AvgIpc) is 3.33. The smallest absolute Gasteiger partial charge is 0.267 e. The number of aromatic nitrogens is 4. The summed E-state index contributed by atoms with van der Waals surface area (Å²) >= 11 is 8.10. The first-order chi connectivity index (χ1) is 13.1. The Bertz CT molecular complexity index is 1180. The van der Waals surface area contributed by atoms with Crippen LogP contribution in [0.4, 0.5) is 5.13 Å². The van der Waals surface area contributed by atoms with Gasteiger partial charge in [0.2, 0.25) is 0 Å². The molecule has 0 bridgehead atoms. The summed E-state index contributed by atoms with van der Waals surface area (Å²) < 4.78 is 3.45. The van der Waals surface area contributed by atoms with E-state index in [0.717, 1.165) is 20.7 Å². The van der Waals surface area contributed by atoms with Crippen LogP contribution in [-0.2, 0) is 6.54 Å². The van der Waals surface area contributed by atoms with E-state index >= 15 is 0 Å². The Labute approximate surface area is 168 Å². The number of hydrogen-bond donors (Lipinski definition) is 2. The lowest BCUT2D eigenvalue weighted by Crippen LogP contribution is -2.09. The summed E-state index contributed by atoms with van der Waals surface area (Å²) in [6, 6.07) is 9.82. The highest BCUT2D eigenvalue weighted by Crippen LogP contribution is 2.32. The van der Waals surface area contributed by atoms with Crippen molar-refractivity contribution in [3.05, 3.63) is 58.3 Å². The average molecular weight is 414 g/mol. The van der Waals surface area contributed by atoms with E-state index in [9.17, 15) is 4.79 Å². The molecular formula is C18H15N5OS3. The van der Waals surface area contributed by atoms with Crippen LogP contribution in [0.3, 0.4) is 0 Å². The van der Waals surface area contributed by atoms with Crippen molar-refractivity contribution < 1.29 is 4.79 Å². The highest BCUT2D eigenvalue weighted by molar-refractivity contribution is 7.71. The third kappa shape index (κ3) is 3.36. The molecule has 3 heterocycles. The molecule has 1 aromatic carbocycles. The number of amides is 1. The number of rotatable bonds is 5. The van der Waals surface area contributed by atoms with Gasteiger partial charge in [0.15, 0.2) is 15.7 Å². The minimum absolute atomic E-state index is 0.165. The minimum atomic E-state index is -0.165. The second kappa shape index (κ2) is 7.18. The topological polar surface area (TPSA) is 75.6 Å². The van der Waals surface area contributed by atoms with Crippen molar-refractivity contribution in [1.82, 2.24) is 19.7 Å². The van der Waals surface area contributed by atoms with Crippen LogP contribution in [0.5, 0.6) is 0 Å². The van der Waals surface area contributed by atoms with Crippen LogP contribution in [0.25, 0.3) is 20.8 Å². The van der Waals surface area contributed by atoms with Crippen molar-refractivity contribution in [2.75, 3.05) is 5.32 Å². The molecule has 0 unspecified atom stereocenters. The lowest BCUT2D eigenvalue weighted by Gasteiger charge is -2.01. The van der Waals surface area contributed by atoms with E-state index < -0.39 is 0 Å². The lowest BCUT2D eigenvalue weighted by molar-refractivity contribution is 0.103. The van der Waals surface area contributed by atoms with Gasteiger partial charge in [0, 0.05) is 11.2 Å². The van der Waals surface area contributed by atoms with Crippen LogP contribution in [0.1, 0.15) is 15.4 Å². The summed E-state index contributed by atoms with van der Waals surface area (Å²) in [4.78, 5) is 18.6. The van der Waals surface area contributed by atoms with Crippen molar-refractivity contribution in [3.63, 3.8) is 0 Å². The minimum Gasteiger partial charge on any atom is -0.297 e. The van der Waals surface area contributed by atoms with Crippen LogP contribution in [0, 0.1) is 11.7 Å². The largest absolute Gasteiger partial charge is 0.297 e. The Morgan fingerprint density at radius 1 is 1.41 bits per heavy atom. The van der Waals surface area contributed by atoms with E-state index in [1.165, 1.54) is 22.7 Å². The number of anilines is 1. The van der Waals surface area contributed by atoms with Gasteiger partial charge in [-0.3, -0.25) is 19.8 Å². The Hall–Kier alpha value is -2.62. The van der Waals surface area contributed by atoms with Crippen molar-refractivity contribution in [1.29, 1.82) is 0 Å². The number of aryl methyl sites for hydroxylation is 1. The number of allylic oxidation sites excluding steroid dienone is 1. The Morgan fingerprint density at radius 3 is 3.00 bits per heavy atom. The zero-order chi connectivity index (χ0) is 19.0.